The molecule has 0 spiro atoms. The summed E-state index contributed by atoms with van der Waals surface area (Å²) in [7, 11) is 0. The van der Waals surface area contributed by atoms with E-state index in [0.29, 0.717) is 30.4 Å². The molecule has 0 radical (unpaired) electrons. The van der Waals surface area contributed by atoms with E-state index in [1.54, 1.807) is 18.2 Å². The zero-order valence-corrected chi connectivity index (χ0v) is 13.8. The number of benzene rings is 1. The normalized spacial score (nSPS) is 14.8. The van der Waals surface area contributed by atoms with Crippen molar-refractivity contribution in [2.24, 2.45) is 10.7 Å². The number of guanidine groups is 1. The number of rotatable bonds is 4. The number of aromatic nitrogens is 2. The van der Waals surface area contributed by atoms with Crippen molar-refractivity contribution in [2.45, 2.75) is 25.7 Å². The number of halogens is 3. The first-order valence-corrected chi connectivity index (χ1v) is 7.94. The molecule has 0 saturated heterocycles. The van der Waals surface area contributed by atoms with Gasteiger partial charge in [-0.05, 0) is 12.1 Å². The Morgan fingerprint density at radius 2 is 2.04 bits per heavy atom. The van der Waals surface area contributed by atoms with Gasteiger partial charge < -0.3 is 25.1 Å². The molecule has 1 aliphatic heterocycles. The Labute approximate surface area is 147 Å². The van der Waals surface area contributed by atoms with Gasteiger partial charge in [-0.25, -0.2) is 9.98 Å². The van der Waals surface area contributed by atoms with Gasteiger partial charge >= 0.3 is 6.18 Å². The Morgan fingerprint density at radius 1 is 1.27 bits per heavy atom. The van der Waals surface area contributed by atoms with Crippen LogP contribution in [0, 0.1) is 0 Å². The maximum Gasteiger partial charge on any atom is 0.406 e. The van der Waals surface area contributed by atoms with Gasteiger partial charge in [-0.2, -0.15) is 13.2 Å². The topological polar surface area (TPSA) is 86.7 Å². The fourth-order valence-electron chi connectivity index (χ4n) is 2.41. The van der Waals surface area contributed by atoms with Crippen molar-refractivity contribution in [2.75, 3.05) is 18.5 Å². The third-order valence-electron chi connectivity index (χ3n) is 3.56. The van der Waals surface area contributed by atoms with Crippen molar-refractivity contribution in [3.8, 4) is 11.5 Å². The van der Waals surface area contributed by atoms with E-state index in [1.165, 1.54) is 12.4 Å². The molecule has 0 bridgehead atoms. The van der Waals surface area contributed by atoms with Crippen molar-refractivity contribution in [1.29, 1.82) is 0 Å². The standard InChI is InChI=1S/C16H18F3N5O2/c17-16(18,19)10-24-5-4-21-14(24)9-22-15(20)23-11-2-3-12-13(8-11)26-7-1-6-25-12/h2-5,8H,1,6-7,9-10H2,(H3,20,22,23). The molecule has 26 heavy (non-hydrogen) atoms. The molecule has 3 rings (SSSR count). The molecule has 1 aromatic heterocycles. The number of aliphatic imine (C=N–C) groups is 1. The van der Waals surface area contributed by atoms with E-state index in [2.05, 4.69) is 15.3 Å². The maximum absolute atomic E-state index is 12.5. The maximum atomic E-state index is 12.5. The molecule has 3 N–H and O–H groups in total. The summed E-state index contributed by atoms with van der Waals surface area (Å²) in [6.07, 6.45) is -0.978. The molecule has 0 unspecified atom stereocenters. The monoisotopic (exact) mass is 369 g/mol. The van der Waals surface area contributed by atoms with E-state index in [1.807, 2.05) is 0 Å². The van der Waals surface area contributed by atoms with Crippen molar-refractivity contribution in [1.82, 2.24) is 9.55 Å². The molecular weight excluding hydrogens is 351 g/mol. The second-order valence-corrected chi connectivity index (χ2v) is 5.63. The van der Waals surface area contributed by atoms with Crippen LogP contribution in [0.5, 0.6) is 11.5 Å². The number of anilines is 1. The van der Waals surface area contributed by atoms with Crippen molar-refractivity contribution in [3.63, 3.8) is 0 Å². The first-order valence-electron chi connectivity index (χ1n) is 7.94. The number of hydrogen-bond donors (Lipinski definition) is 2. The third-order valence-corrected chi connectivity index (χ3v) is 3.56. The summed E-state index contributed by atoms with van der Waals surface area (Å²) in [5.41, 5.74) is 6.45. The minimum Gasteiger partial charge on any atom is -0.490 e. The van der Waals surface area contributed by atoms with E-state index in [0.717, 1.165) is 11.0 Å². The summed E-state index contributed by atoms with van der Waals surface area (Å²) < 4.78 is 49.6. The highest BCUT2D eigenvalue weighted by atomic mass is 19.4. The van der Waals surface area contributed by atoms with Crippen LogP contribution in [-0.2, 0) is 13.1 Å². The first-order chi connectivity index (χ1) is 12.4. The van der Waals surface area contributed by atoms with Crippen LogP contribution in [0.15, 0.2) is 35.6 Å². The Kier molecular flexibility index (Phi) is 5.19. The van der Waals surface area contributed by atoms with Gasteiger partial charge in [-0.15, -0.1) is 0 Å². The van der Waals surface area contributed by atoms with Crippen LogP contribution in [0.25, 0.3) is 0 Å². The summed E-state index contributed by atoms with van der Waals surface area (Å²) in [5.74, 6) is 1.48. The van der Waals surface area contributed by atoms with Crippen LogP contribution in [0.4, 0.5) is 18.9 Å². The van der Waals surface area contributed by atoms with Crippen molar-refractivity contribution >= 4 is 11.6 Å². The molecule has 0 fully saturated rings. The van der Waals surface area contributed by atoms with Gasteiger partial charge in [0, 0.05) is 30.6 Å². The lowest BCUT2D eigenvalue weighted by molar-refractivity contribution is -0.141. The highest BCUT2D eigenvalue weighted by Crippen LogP contribution is 2.32. The van der Waals surface area contributed by atoms with E-state index in [4.69, 9.17) is 15.2 Å². The summed E-state index contributed by atoms with van der Waals surface area (Å²) in [6, 6.07) is 5.24. The second kappa shape index (κ2) is 7.54. The fourth-order valence-corrected chi connectivity index (χ4v) is 2.41. The van der Waals surface area contributed by atoms with Gasteiger partial charge in [-0.3, -0.25) is 0 Å². The quantitative estimate of drug-likeness (QED) is 0.639. The van der Waals surface area contributed by atoms with Crippen LogP contribution >= 0.6 is 0 Å². The minimum atomic E-state index is -4.33. The van der Waals surface area contributed by atoms with E-state index in [-0.39, 0.29) is 18.3 Å². The number of nitrogens with zero attached hydrogens (tertiary/aromatic N) is 3. The molecule has 1 aliphatic rings. The van der Waals surface area contributed by atoms with Gasteiger partial charge in [-0.1, -0.05) is 0 Å². The molecule has 0 amide bonds. The third kappa shape index (κ3) is 4.80. The van der Waals surface area contributed by atoms with Gasteiger partial charge in [0.2, 0.25) is 0 Å². The molecule has 7 nitrogen and oxygen atoms in total. The summed E-state index contributed by atoms with van der Waals surface area (Å²) in [6.45, 7) is -0.0460. The van der Waals surface area contributed by atoms with Crippen molar-refractivity contribution < 1.29 is 22.6 Å². The van der Waals surface area contributed by atoms with Crippen LogP contribution in [0.2, 0.25) is 0 Å². The molecule has 1 aromatic carbocycles. The van der Waals surface area contributed by atoms with Gasteiger partial charge in [0.15, 0.2) is 17.5 Å². The summed E-state index contributed by atoms with van der Waals surface area (Å²) in [5, 5.41) is 2.88. The number of nitrogens with two attached hydrogens (primary N) is 1. The minimum absolute atomic E-state index is 0.0565. The highest BCUT2D eigenvalue weighted by Gasteiger charge is 2.28. The largest absolute Gasteiger partial charge is 0.490 e. The molecule has 0 atom stereocenters. The number of alkyl halides is 3. The van der Waals surface area contributed by atoms with Crippen LogP contribution in [-0.4, -0.2) is 34.9 Å². The fraction of sp³-hybridized carbons (Fsp3) is 0.375. The molecule has 0 saturated carbocycles. The Bertz CT molecular complexity index is 788. The number of fused-ring (bicyclic) bond motifs is 1. The molecule has 140 valence electrons. The molecule has 10 heteroatoms. The van der Waals surface area contributed by atoms with Crippen LogP contribution in [0.1, 0.15) is 12.2 Å². The van der Waals surface area contributed by atoms with Gasteiger partial charge in [0.25, 0.3) is 0 Å². The summed E-state index contributed by atoms with van der Waals surface area (Å²) in [4.78, 5) is 7.93. The van der Waals surface area contributed by atoms with E-state index >= 15 is 0 Å². The molecular formula is C16H18F3N5O2. The predicted molar refractivity (Wildman–Crippen MR) is 89.3 cm³/mol. The first kappa shape index (κ1) is 17.9. The highest BCUT2D eigenvalue weighted by molar-refractivity contribution is 5.92. The van der Waals surface area contributed by atoms with E-state index in [9.17, 15) is 13.2 Å². The van der Waals surface area contributed by atoms with Crippen LogP contribution in [0.3, 0.4) is 0 Å². The predicted octanol–water partition coefficient (Wildman–Crippen LogP) is 2.53. The van der Waals surface area contributed by atoms with Gasteiger partial charge in [0.1, 0.15) is 18.9 Å². The van der Waals surface area contributed by atoms with Crippen molar-refractivity contribution in [3.05, 3.63) is 36.4 Å². The SMILES string of the molecule is NC(=NCc1nccn1CC(F)(F)F)Nc1ccc2c(c1)OCCCO2. The zero-order valence-electron chi connectivity index (χ0n) is 13.8. The smallest absolute Gasteiger partial charge is 0.406 e. The Morgan fingerprint density at radius 3 is 2.81 bits per heavy atom. The number of ether oxygens (including phenoxy) is 2. The number of imidazole rings is 1. The Hall–Kier alpha value is -2.91. The second-order valence-electron chi connectivity index (χ2n) is 5.63. The zero-order chi connectivity index (χ0) is 18.6. The van der Waals surface area contributed by atoms with E-state index < -0.39 is 12.7 Å². The average molecular weight is 369 g/mol. The molecule has 2 aromatic rings. The Balaban J connectivity index is 1.64. The molecule has 0 aliphatic carbocycles. The lowest BCUT2D eigenvalue weighted by Gasteiger charge is -2.11. The summed E-state index contributed by atoms with van der Waals surface area (Å²) >= 11 is 0. The van der Waals surface area contributed by atoms with Gasteiger partial charge in [0.05, 0.1) is 13.2 Å². The van der Waals surface area contributed by atoms with Crippen LogP contribution < -0.4 is 20.5 Å². The number of hydrogen-bond acceptors (Lipinski definition) is 4. The number of nitrogens with one attached hydrogen (secondary N) is 1. The lowest BCUT2D eigenvalue weighted by atomic mass is 10.3. The molecule has 2 heterocycles. The average Bonchev–Trinajstić information content (AvgIpc) is 2.85. The lowest BCUT2D eigenvalue weighted by Crippen LogP contribution is -2.23.